The number of nitrogens with one attached hydrogen (secondary N) is 1. The molecule has 2 aromatic rings. The summed E-state index contributed by atoms with van der Waals surface area (Å²) in [5.41, 5.74) is 1.11. The summed E-state index contributed by atoms with van der Waals surface area (Å²) < 4.78 is 37.7. The summed E-state index contributed by atoms with van der Waals surface area (Å²) in [4.78, 5) is 12.6. The van der Waals surface area contributed by atoms with E-state index in [4.69, 9.17) is 21.1 Å². The lowest BCUT2D eigenvalue weighted by molar-refractivity contribution is -0.111. The Morgan fingerprint density at radius 3 is 2.22 bits per heavy atom. The van der Waals surface area contributed by atoms with Crippen LogP contribution in [-0.4, -0.2) is 45.9 Å². The minimum absolute atomic E-state index is 0.263. The van der Waals surface area contributed by atoms with Crippen LogP contribution in [0, 0.1) is 0 Å². The Kier molecular flexibility index (Phi) is 8.17. The van der Waals surface area contributed by atoms with Crippen LogP contribution in [0.4, 0.5) is 5.69 Å². The molecule has 0 unspecified atom stereocenters. The number of sulfonamides is 1. The first kappa shape index (κ1) is 24.1. The number of carbonyl (C=O) groups excluding carboxylic acids is 1. The second-order valence-corrected chi connectivity index (χ2v) is 9.74. The van der Waals surface area contributed by atoms with E-state index in [1.807, 2.05) is 0 Å². The Balaban J connectivity index is 1.68. The number of anilines is 1. The van der Waals surface area contributed by atoms with Gasteiger partial charge in [-0.3, -0.25) is 4.79 Å². The van der Waals surface area contributed by atoms with Crippen molar-refractivity contribution in [2.45, 2.75) is 30.6 Å². The van der Waals surface area contributed by atoms with Crippen molar-refractivity contribution >= 4 is 39.3 Å². The average molecular weight is 479 g/mol. The van der Waals surface area contributed by atoms with E-state index in [0.717, 1.165) is 25.7 Å². The minimum atomic E-state index is -3.50. The summed E-state index contributed by atoms with van der Waals surface area (Å²) in [6.07, 6.45) is 6.86. The van der Waals surface area contributed by atoms with E-state index in [1.54, 1.807) is 46.8 Å². The molecule has 0 atom stereocenters. The van der Waals surface area contributed by atoms with E-state index in [0.29, 0.717) is 40.9 Å². The van der Waals surface area contributed by atoms with Crippen LogP contribution in [0.1, 0.15) is 31.2 Å². The first-order valence-electron chi connectivity index (χ1n) is 10.4. The molecule has 3 rings (SSSR count). The molecule has 1 aliphatic rings. The Morgan fingerprint density at radius 2 is 1.62 bits per heavy atom. The standard InChI is InChI=1S/C23H27ClN2O5S/c1-30-21-16-22(31-2)20(15-19(21)24)25-23(27)12-9-17-7-10-18(11-8-17)32(28,29)26-13-5-3-4-6-14-26/h7-12,15-16H,3-6,13-14H2,1-2H3,(H,25,27)/b12-9+. The molecule has 0 aliphatic carbocycles. The molecular weight excluding hydrogens is 452 g/mol. The van der Waals surface area contributed by atoms with E-state index in [-0.39, 0.29) is 10.8 Å². The quantitative estimate of drug-likeness (QED) is 0.589. The van der Waals surface area contributed by atoms with Gasteiger partial charge < -0.3 is 14.8 Å². The van der Waals surface area contributed by atoms with Crippen LogP contribution in [-0.2, 0) is 14.8 Å². The van der Waals surface area contributed by atoms with Gasteiger partial charge in [-0.25, -0.2) is 8.42 Å². The Labute approximate surface area is 194 Å². The van der Waals surface area contributed by atoms with Gasteiger partial charge in [-0.05, 0) is 42.7 Å². The number of amides is 1. The summed E-state index contributed by atoms with van der Waals surface area (Å²) in [5, 5.41) is 3.06. The Hall–Kier alpha value is -2.55. The van der Waals surface area contributed by atoms with E-state index < -0.39 is 10.0 Å². The molecular formula is C23H27ClN2O5S. The molecule has 0 aromatic heterocycles. The molecule has 1 amide bonds. The predicted octanol–water partition coefficient (Wildman–Crippen LogP) is 4.57. The number of methoxy groups -OCH3 is 2. The highest BCUT2D eigenvalue weighted by Gasteiger charge is 2.24. The van der Waals surface area contributed by atoms with Gasteiger partial charge in [0.25, 0.3) is 0 Å². The van der Waals surface area contributed by atoms with Crippen molar-refractivity contribution in [1.29, 1.82) is 0 Å². The molecule has 1 saturated heterocycles. The fourth-order valence-corrected chi connectivity index (χ4v) is 5.24. The fraction of sp³-hybridized carbons (Fsp3) is 0.348. The van der Waals surface area contributed by atoms with Gasteiger partial charge in [-0.1, -0.05) is 36.6 Å². The van der Waals surface area contributed by atoms with Gasteiger partial charge in [0.2, 0.25) is 15.9 Å². The number of rotatable bonds is 7. The Morgan fingerprint density at radius 1 is 1.00 bits per heavy atom. The van der Waals surface area contributed by atoms with Crippen molar-refractivity contribution in [2.75, 3.05) is 32.6 Å². The highest BCUT2D eigenvalue weighted by atomic mass is 35.5. The van der Waals surface area contributed by atoms with Crippen LogP contribution in [0.2, 0.25) is 5.02 Å². The van der Waals surface area contributed by atoms with E-state index in [2.05, 4.69) is 5.32 Å². The molecule has 1 heterocycles. The third-order valence-corrected chi connectivity index (χ3v) is 7.45. The van der Waals surface area contributed by atoms with Crippen molar-refractivity contribution in [3.8, 4) is 11.5 Å². The number of benzene rings is 2. The molecule has 1 aliphatic heterocycles. The van der Waals surface area contributed by atoms with Gasteiger partial charge in [-0.15, -0.1) is 0 Å². The van der Waals surface area contributed by atoms with Crippen molar-refractivity contribution < 1.29 is 22.7 Å². The highest BCUT2D eigenvalue weighted by Crippen LogP contribution is 2.35. The number of carbonyl (C=O) groups is 1. The van der Waals surface area contributed by atoms with E-state index >= 15 is 0 Å². The van der Waals surface area contributed by atoms with Gasteiger partial charge in [0, 0.05) is 25.2 Å². The molecule has 0 radical (unpaired) electrons. The zero-order valence-electron chi connectivity index (χ0n) is 18.1. The van der Waals surface area contributed by atoms with Crippen molar-refractivity contribution in [2.24, 2.45) is 0 Å². The van der Waals surface area contributed by atoms with Crippen LogP contribution in [0.5, 0.6) is 11.5 Å². The number of halogens is 1. The molecule has 7 nitrogen and oxygen atoms in total. The summed E-state index contributed by atoms with van der Waals surface area (Å²) in [6.45, 7) is 1.12. The number of nitrogens with zero attached hydrogens (tertiary/aromatic N) is 1. The number of ether oxygens (including phenoxy) is 2. The summed E-state index contributed by atoms with van der Waals surface area (Å²) in [6, 6.07) is 9.64. The molecule has 2 aromatic carbocycles. The van der Waals surface area contributed by atoms with Crippen LogP contribution >= 0.6 is 11.6 Å². The lowest BCUT2D eigenvalue weighted by atomic mass is 10.2. The lowest BCUT2D eigenvalue weighted by Crippen LogP contribution is -2.31. The van der Waals surface area contributed by atoms with Crippen LogP contribution in [0.15, 0.2) is 47.4 Å². The second kappa shape index (κ2) is 10.8. The fourth-order valence-electron chi connectivity index (χ4n) is 3.49. The topological polar surface area (TPSA) is 84.9 Å². The maximum Gasteiger partial charge on any atom is 0.248 e. The highest BCUT2D eigenvalue weighted by molar-refractivity contribution is 7.89. The minimum Gasteiger partial charge on any atom is -0.495 e. The maximum absolute atomic E-state index is 12.9. The lowest BCUT2D eigenvalue weighted by Gasteiger charge is -2.19. The Bertz CT molecular complexity index is 1080. The molecule has 0 saturated carbocycles. The van der Waals surface area contributed by atoms with Crippen molar-refractivity contribution in [3.05, 3.63) is 53.1 Å². The van der Waals surface area contributed by atoms with Crippen LogP contribution in [0.25, 0.3) is 6.08 Å². The largest absolute Gasteiger partial charge is 0.495 e. The maximum atomic E-state index is 12.9. The van der Waals surface area contributed by atoms with E-state index in [1.165, 1.54) is 20.3 Å². The smallest absolute Gasteiger partial charge is 0.248 e. The SMILES string of the molecule is COc1cc(OC)c(NC(=O)/C=C/c2ccc(S(=O)(=O)N3CCCCCC3)cc2)cc1Cl. The summed E-state index contributed by atoms with van der Waals surface area (Å²) in [7, 11) is -0.525. The first-order chi connectivity index (χ1) is 15.3. The van der Waals surface area contributed by atoms with Crippen molar-refractivity contribution in [1.82, 2.24) is 4.31 Å². The zero-order valence-corrected chi connectivity index (χ0v) is 19.7. The third-order valence-electron chi connectivity index (χ3n) is 5.24. The monoisotopic (exact) mass is 478 g/mol. The zero-order chi connectivity index (χ0) is 23.1. The second-order valence-electron chi connectivity index (χ2n) is 7.40. The van der Waals surface area contributed by atoms with Gasteiger partial charge in [0.05, 0.1) is 29.8 Å². The van der Waals surface area contributed by atoms with Gasteiger partial charge in [0.1, 0.15) is 11.5 Å². The molecule has 9 heteroatoms. The molecule has 172 valence electrons. The summed E-state index contributed by atoms with van der Waals surface area (Å²) in [5.74, 6) is 0.467. The van der Waals surface area contributed by atoms with Crippen LogP contribution < -0.4 is 14.8 Å². The molecule has 1 N–H and O–H groups in total. The molecule has 0 spiro atoms. The van der Waals surface area contributed by atoms with E-state index in [9.17, 15) is 13.2 Å². The molecule has 32 heavy (non-hydrogen) atoms. The van der Waals surface area contributed by atoms with Gasteiger partial charge in [-0.2, -0.15) is 4.31 Å². The molecule has 0 bridgehead atoms. The van der Waals surface area contributed by atoms with Crippen molar-refractivity contribution in [3.63, 3.8) is 0 Å². The molecule has 1 fully saturated rings. The van der Waals surface area contributed by atoms with Crippen LogP contribution in [0.3, 0.4) is 0 Å². The number of hydrogen-bond acceptors (Lipinski definition) is 5. The van der Waals surface area contributed by atoms with Gasteiger partial charge in [0.15, 0.2) is 0 Å². The first-order valence-corrected chi connectivity index (χ1v) is 12.2. The predicted molar refractivity (Wildman–Crippen MR) is 126 cm³/mol. The van der Waals surface area contributed by atoms with Gasteiger partial charge >= 0.3 is 0 Å². The normalized spacial score (nSPS) is 15.3. The third kappa shape index (κ3) is 5.82. The summed E-state index contributed by atoms with van der Waals surface area (Å²) >= 11 is 6.13. The number of hydrogen-bond donors (Lipinski definition) is 1. The average Bonchev–Trinajstić information content (AvgIpc) is 3.08.